The van der Waals surface area contributed by atoms with Gasteiger partial charge in [-0.3, -0.25) is 10.1 Å². The number of carbonyl (C=O) groups is 1. The summed E-state index contributed by atoms with van der Waals surface area (Å²) in [6, 6.07) is 4.22. The Kier molecular flexibility index (Phi) is 5.38. The molecular formula is C19H27N5O2. The molecule has 140 valence electrons. The first-order chi connectivity index (χ1) is 12.4. The van der Waals surface area contributed by atoms with E-state index in [9.17, 15) is 4.79 Å². The standard InChI is InChI=1S/C19H27N5O2/c1-10-8-15-13(4)21-18(22-16(15)9-11(10)2)24-19-20-12(3)14(6-7-26-5)17(25)23-19/h8-9,12,14,19-20H,6-7H2,1-5H3,(H,23,25)(H,21,22,24). The van der Waals surface area contributed by atoms with Crippen molar-refractivity contribution in [1.29, 1.82) is 0 Å². The molecule has 0 bridgehead atoms. The van der Waals surface area contributed by atoms with E-state index < -0.39 is 6.29 Å². The number of fused-ring (bicyclic) bond motifs is 1. The van der Waals surface area contributed by atoms with Crippen LogP contribution in [-0.2, 0) is 9.53 Å². The van der Waals surface area contributed by atoms with Crippen LogP contribution in [0.2, 0.25) is 0 Å². The van der Waals surface area contributed by atoms with Crippen LogP contribution in [0.4, 0.5) is 5.95 Å². The van der Waals surface area contributed by atoms with Crippen molar-refractivity contribution in [2.75, 3.05) is 19.0 Å². The van der Waals surface area contributed by atoms with Gasteiger partial charge in [-0.15, -0.1) is 0 Å². The average molecular weight is 357 g/mol. The van der Waals surface area contributed by atoms with Gasteiger partial charge in [0.25, 0.3) is 0 Å². The Morgan fingerprint density at radius 2 is 1.92 bits per heavy atom. The number of benzene rings is 1. The third-order valence-corrected chi connectivity index (χ3v) is 5.06. The maximum absolute atomic E-state index is 12.4. The van der Waals surface area contributed by atoms with E-state index in [2.05, 4.69) is 51.9 Å². The van der Waals surface area contributed by atoms with Gasteiger partial charge in [-0.25, -0.2) is 9.97 Å². The minimum Gasteiger partial charge on any atom is -0.385 e. The largest absolute Gasteiger partial charge is 0.385 e. The zero-order valence-electron chi connectivity index (χ0n) is 16.0. The molecule has 3 atom stereocenters. The maximum Gasteiger partial charge on any atom is 0.227 e. The number of carbonyl (C=O) groups excluding carboxylic acids is 1. The van der Waals surface area contributed by atoms with E-state index in [4.69, 9.17) is 4.74 Å². The fourth-order valence-electron chi connectivity index (χ4n) is 3.34. The van der Waals surface area contributed by atoms with Crippen molar-refractivity contribution in [3.63, 3.8) is 0 Å². The minimum atomic E-state index is -0.403. The van der Waals surface area contributed by atoms with Crippen molar-refractivity contribution in [3.8, 4) is 0 Å². The van der Waals surface area contributed by atoms with Gasteiger partial charge in [0, 0.05) is 25.1 Å². The molecule has 0 radical (unpaired) electrons. The van der Waals surface area contributed by atoms with Gasteiger partial charge in [-0.2, -0.15) is 0 Å². The Bertz CT molecular complexity index is 823. The van der Waals surface area contributed by atoms with E-state index in [1.165, 1.54) is 11.1 Å². The molecule has 0 spiro atoms. The summed E-state index contributed by atoms with van der Waals surface area (Å²) in [5, 5.41) is 10.5. The van der Waals surface area contributed by atoms with Crippen LogP contribution in [0, 0.1) is 26.7 Å². The molecule has 1 aliphatic heterocycles. The van der Waals surface area contributed by atoms with Crippen molar-refractivity contribution < 1.29 is 9.53 Å². The smallest absolute Gasteiger partial charge is 0.227 e. The lowest BCUT2D eigenvalue weighted by atomic mass is 9.95. The third-order valence-electron chi connectivity index (χ3n) is 5.06. The Labute approximate surface area is 153 Å². The summed E-state index contributed by atoms with van der Waals surface area (Å²) in [6.07, 6.45) is 0.285. The van der Waals surface area contributed by atoms with E-state index in [1.54, 1.807) is 7.11 Å². The SMILES string of the molecule is COCCC1C(=O)NC(Nc2nc(C)c3cc(C)c(C)cc3n2)NC1C. The van der Waals surface area contributed by atoms with Crippen LogP contribution in [0.1, 0.15) is 30.2 Å². The van der Waals surface area contributed by atoms with Crippen molar-refractivity contribution in [2.45, 2.75) is 46.4 Å². The number of aromatic nitrogens is 2. The fourth-order valence-corrected chi connectivity index (χ4v) is 3.34. The predicted octanol–water partition coefficient (Wildman–Crippen LogP) is 2.01. The summed E-state index contributed by atoms with van der Waals surface area (Å²) >= 11 is 0. The molecule has 1 fully saturated rings. The van der Waals surface area contributed by atoms with Crippen molar-refractivity contribution >= 4 is 22.8 Å². The van der Waals surface area contributed by atoms with E-state index in [0.717, 1.165) is 16.6 Å². The molecular weight excluding hydrogens is 330 g/mol. The molecule has 0 saturated carbocycles. The number of amides is 1. The highest BCUT2D eigenvalue weighted by Crippen LogP contribution is 2.22. The Morgan fingerprint density at radius 3 is 2.62 bits per heavy atom. The molecule has 2 heterocycles. The molecule has 1 amide bonds. The third kappa shape index (κ3) is 3.78. The van der Waals surface area contributed by atoms with Crippen LogP contribution in [0.15, 0.2) is 12.1 Å². The van der Waals surface area contributed by atoms with Gasteiger partial charge in [0.2, 0.25) is 11.9 Å². The van der Waals surface area contributed by atoms with Gasteiger partial charge in [0.15, 0.2) is 6.29 Å². The van der Waals surface area contributed by atoms with Gasteiger partial charge in [0.05, 0.1) is 17.1 Å². The second kappa shape index (κ2) is 7.55. The number of anilines is 1. The summed E-state index contributed by atoms with van der Waals surface area (Å²) < 4.78 is 5.09. The molecule has 7 nitrogen and oxygen atoms in total. The fraction of sp³-hybridized carbons (Fsp3) is 0.526. The van der Waals surface area contributed by atoms with Crippen molar-refractivity contribution in [1.82, 2.24) is 20.6 Å². The first-order valence-electron chi connectivity index (χ1n) is 8.96. The number of methoxy groups -OCH3 is 1. The van der Waals surface area contributed by atoms with Crippen LogP contribution >= 0.6 is 0 Å². The molecule has 3 N–H and O–H groups in total. The minimum absolute atomic E-state index is 0.00906. The zero-order valence-corrected chi connectivity index (χ0v) is 16.0. The molecule has 1 saturated heterocycles. The van der Waals surface area contributed by atoms with Gasteiger partial charge in [0.1, 0.15) is 0 Å². The Morgan fingerprint density at radius 1 is 1.19 bits per heavy atom. The number of hydrogen-bond acceptors (Lipinski definition) is 6. The second-order valence-electron chi connectivity index (χ2n) is 7.02. The molecule has 7 heteroatoms. The number of ether oxygens (including phenoxy) is 1. The highest BCUT2D eigenvalue weighted by atomic mass is 16.5. The van der Waals surface area contributed by atoms with E-state index in [-0.39, 0.29) is 17.9 Å². The lowest BCUT2D eigenvalue weighted by Crippen LogP contribution is -2.63. The topological polar surface area (TPSA) is 88.2 Å². The van der Waals surface area contributed by atoms with Crippen LogP contribution in [-0.4, -0.2) is 41.9 Å². The highest BCUT2D eigenvalue weighted by molar-refractivity contribution is 5.84. The highest BCUT2D eigenvalue weighted by Gasteiger charge is 2.33. The molecule has 3 rings (SSSR count). The predicted molar refractivity (Wildman–Crippen MR) is 102 cm³/mol. The molecule has 1 aliphatic rings. The normalized spacial score (nSPS) is 23.1. The maximum atomic E-state index is 12.4. The summed E-state index contributed by atoms with van der Waals surface area (Å²) in [5.74, 6) is 0.395. The molecule has 2 aromatic rings. The Balaban J connectivity index is 1.77. The van der Waals surface area contributed by atoms with Crippen molar-refractivity contribution in [2.24, 2.45) is 5.92 Å². The van der Waals surface area contributed by atoms with Crippen molar-refractivity contribution in [3.05, 3.63) is 29.0 Å². The summed E-state index contributed by atoms with van der Waals surface area (Å²) in [6.45, 7) is 8.70. The number of nitrogens with one attached hydrogen (secondary N) is 3. The summed E-state index contributed by atoms with van der Waals surface area (Å²) in [5.41, 5.74) is 4.23. The molecule has 1 aromatic heterocycles. The number of aryl methyl sites for hydroxylation is 3. The van der Waals surface area contributed by atoms with Crippen LogP contribution in [0.25, 0.3) is 10.9 Å². The van der Waals surface area contributed by atoms with Crippen LogP contribution in [0.3, 0.4) is 0 Å². The van der Waals surface area contributed by atoms with Gasteiger partial charge in [-0.1, -0.05) is 0 Å². The molecule has 1 aromatic carbocycles. The van der Waals surface area contributed by atoms with Crippen LogP contribution < -0.4 is 16.0 Å². The zero-order chi connectivity index (χ0) is 18.8. The monoisotopic (exact) mass is 357 g/mol. The average Bonchev–Trinajstić information content (AvgIpc) is 2.56. The summed E-state index contributed by atoms with van der Waals surface area (Å²) in [4.78, 5) is 21.6. The second-order valence-corrected chi connectivity index (χ2v) is 7.02. The van der Waals surface area contributed by atoms with Gasteiger partial charge < -0.3 is 15.4 Å². The number of nitrogens with zero attached hydrogens (tertiary/aromatic N) is 2. The lowest BCUT2D eigenvalue weighted by Gasteiger charge is -2.35. The van der Waals surface area contributed by atoms with Gasteiger partial charge >= 0.3 is 0 Å². The number of hydrogen-bond donors (Lipinski definition) is 3. The first-order valence-corrected chi connectivity index (χ1v) is 8.96. The Hall–Kier alpha value is -2.25. The lowest BCUT2D eigenvalue weighted by molar-refractivity contribution is -0.129. The van der Waals surface area contributed by atoms with E-state index >= 15 is 0 Å². The number of rotatable bonds is 5. The molecule has 0 aliphatic carbocycles. The van der Waals surface area contributed by atoms with Gasteiger partial charge in [-0.05, 0) is 57.4 Å². The quantitative estimate of drug-likeness (QED) is 0.759. The molecule has 26 heavy (non-hydrogen) atoms. The van der Waals surface area contributed by atoms with Crippen LogP contribution in [0.5, 0.6) is 0 Å². The first kappa shape index (κ1) is 18.5. The van der Waals surface area contributed by atoms with E-state index in [1.807, 2.05) is 13.8 Å². The molecule has 3 unspecified atom stereocenters. The summed E-state index contributed by atoms with van der Waals surface area (Å²) in [7, 11) is 1.64. The van der Waals surface area contributed by atoms with E-state index in [0.29, 0.717) is 19.0 Å².